The SMILES string of the molecule is COC(=O)C[C@@H](N)c1cccc(F)c1F. The molecule has 0 aromatic heterocycles. The van der Waals surface area contributed by atoms with Gasteiger partial charge >= 0.3 is 5.97 Å². The Labute approximate surface area is 85.8 Å². The van der Waals surface area contributed by atoms with E-state index in [1.165, 1.54) is 19.2 Å². The van der Waals surface area contributed by atoms with Crippen molar-refractivity contribution in [1.29, 1.82) is 0 Å². The van der Waals surface area contributed by atoms with Gasteiger partial charge in [-0.1, -0.05) is 12.1 Å². The second kappa shape index (κ2) is 4.84. The third-order valence-corrected chi connectivity index (χ3v) is 2.00. The number of ether oxygens (including phenoxy) is 1. The average molecular weight is 215 g/mol. The first kappa shape index (κ1) is 11.6. The van der Waals surface area contributed by atoms with Crippen LogP contribution < -0.4 is 5.73 Å². The summed E-state index contributed by atoms with van der Waals surface area (Å²) in [6, 6.07) is 2.77. The lowest BCUT2D eigenvalue weighted by molar-refractivity contribution is -0.141. The minimum Gasteiger partial charge on any atom is -0.469 e. The zero-order valence-corrected chi connectivity index (χ0v) is 8.17. The molecule has 82 valence electrons. The smallest absolute Gasteiger partial charge is 0.307 e. The van der Waals surface area contributed by atoms with E-state index in [2.05, 4.69) is 4.74 Å². The maximum Gasteiger partial charge on any atom is 0.307 e. The van der Waals surface area contributed by atoms with Crippen LogP contribution in [0.1, 0.15) is 18.0 Å². The predicted molar refractivity (Wildman–Crippen MR) is 49.9 cm³/mol. The number of nitrogens with two attached hydrogens (primary N) is 1. The van der Waals surface area contributed by atoms with Crippen molar-refractivity contribution >= 4 is 5.97 Å². The first-order valence-corrected chi connectivity index (χ1v) is 4.32. The Morgan fingerprint density at radius 3 is 2.80 bits per heavy atom. The fourth-order valence-electron chi connectivity index (χ4n) is 1.18. The van der Waals surface area contributed by atoms with Gasteiger partial charge in [0.25, 0.3) is 0 Å². The number of carbonyl (C=O) groups excluding carboxylic acids is 1. The minimum atomic E-state index is -1.02. The highest BCUT2D eigenvalue weighted by Gasteiger charge is 2.17. The monoisotopic (exact) mass is 215 g/mol. The summed E-state index contributed by atoms with van der Waals surface area (Å²) in [4.78, 5) is 10.9. The van der Waals surface area contributed by atoms with Gasteiger partial charge < -0.3 is 10.5 Å². The molecule has 0 aliphatic rings. The second-order valence-corrected chi connectivity index (χ2v) is 3.03. The van der Waals surface area contributed by atoms with Gasteiger partial charge in [0, 0.05) is 11.6 Å². The molecular formula is C10H11F2NO2. The summed E-state index contributed by atoms with van der Waals surface area (Å²) < 4.78 is 30.4. The van der Waals surface area contributed by atoms with Gasteiger partial charge in [0.2, 0.25) is 0 Å². The molecule has 0 bridgehead atoms. The maximum atomic E-state index is 13.2. The van der Waals surface area contributed by atoms with E-state index < -0.39 is 23.6 Å². The van der Waals surface area contributed by atoms with Crippen LogP contribution in [0.4, 0.5) is 8.78 Å². The van der Waals surface area contributed by atoms with Crippen molar-refractivity contribution in [2.75, 3.05) is 7.11 Å². The topological polar surface area (TPSA) is 52.3 Å². The van der Waals surface area contributed by atoms with E-state index in [1.54, 1.807) is 0 Å². The van der Waals surface area contributed by atoms with Gasteiger partial charge in [-0.2, -0.15) is 0 Å². The van der Waals surface area contributed by atoms with E-state index in [9.17, 15) is 13.6 Å². The van der Waals surface area contributed by atoms with Gasteiger partial charge in [-0.05, 0) is 6.07 Å². The van der Waals surface area contributed by atoms with Crippen LogP contribution in [-0.2, 0) is 9.53 Å². The van der Waals surface area contributed by atoms with Crippen molar-refractivity contribution in [2.45, 2.75) is 12.5 Å². The quantitative estimate of drug-likeness (QED) is 0.778. The fraction of sp³-hybridized carbons (Fsp3) is 0.300. The van der Waals surface area contributed by atoms with Gasteiger partial charge in [0.15, 0.2) is 11.6 Å². The van der Waals surface area contributed by atoms with Crippen molar-refractivity contribution in [3.05, 3.63) is 35.4 Å². The van der Waals surface area contributed by atoms with Crippen molar-refractivity contribution < 1.29 is 18.3 Å². The number of hydrogen-bond donors (Lipinski definition) is 1. The van der Waals surface area contributed by atoms with Crippen LogP contribution >= 0.6 is 0 Å². The van der Waals surface area contributed by atoms with E-state index >= 15 is 0 Å². The van der Waals surface area contributed by atoms with Crippen molar-refractivity contribution in [2.24, 2.45) is 5.73 Å². The first-order valence-electron chi connectivity index (χ1n) is 4.32. The molecule has 1 aromatic rings. The van der Waals surface area contributed by atoms with Crippen molar-refractivity contribution in [1.82, 2.24) is 0 Å². The Morgan fingerprint density at radius 1 is 1.53 bits per heavy atom. The lowest BCUT2D eigenvalue weighted by Gasteiger charge is -2.11. The summed E-state index contributed by atoms with van der Waals surface area (Å²) in [5.41, 5.74) is 5.51. The third-order valence-electron chi connectivity index (χ3n) is 2.00. The van der Waals surface area contributed by atoms with Crippen LogP contribution in [0.2, 0.25) is 0 Å². The molecule has 0 unspecified atom stereocenters. The number of methoxy groups -OCH3 is 1. The molecule has 0 aliphatic carbocycles. The van der Waals surface area contributed by atoms with Crippen LogP contribution in [0.25, 0.3) is 0 Å². The number of carbonyl (C=O) groups is 1. The van der Waals surface area contributed by atoms with E-state index in [0.29, 0.717) is 0 Å². The maximum absolute atomic E-state index is 13.2. The molecule has 0 heterocycles. The average Bonchev–Trinajstić information content (AvgIpc) is 2.21. The summed E-state index contributed by atoms with van der Waals surface area (Å²) in [6.07, 6.45) is -0.184. The Bertz CT molecular complexity index is 368. The lowest BCUT2D eigenvalue weighted by atomic mass is 10.0. The van der Waals surface area contributed by atoms with E-state index in [0.717, 1.165) is 6.07 Å². The summed E-state index contributed by atoms with van der Waals surface area (Å²) in [5, 5.41) is 0. The van der Waals surface area contributed by atoms with Crippen LogP contribution in [0.3, 0.4) is 0 Å². The summed E-state index contributed by atoms with van der Waals surface area (Å²) in [6.45, 7) is 0. The van der Waals surface area contributed by atoms with E-state index in [-0.39, 0.29) is 12.0 Å². The van der Waals surface area contributed by atoms with Crippen LogP contribution in [0.15, 0.2) is 18.2 Å². The standard InChI is InChI=1S/C10H11F2NO2/c1-15-9(14)5-8(13)6-3-2-4-7(11)10(6)12/h2-4,8H,5,13H2,1H3/t8-/m1/s1. The predicted octanol–water partition coefficient (Wildman–Crippen LogP) is 1.53. The molecule has 1 atom stereocenters. The second-order valence-electron chi connectivity index (χ2n) is 3.03. The van der Waals surface area contributed by atoms with Crippen LogP contribution in [0.5, 0.6) is 0 Å². The molecule has 15 heavy (non-hydrogen) atoms. The zero-order chi connectivity index (χ0) is 11.4. The number of halogens is 2. The highest BCUT2D eigenvalue weighted by Crippen LogP contribution is 2.20. The molecular weight excluding hydrogens is 204 g/mol. The van der Waals surface area contributed by atoms with Gasteiger partial charge in [-0.3, -0.25) is 4.79 Å². The van der Waals surface area contributed by atoms with Crippen LogP contribution in [-0.4, -0.2) is 13.1 Å². The normalized spacial score (nSPS) is 12.3. The molecule has 5 heteroatoms. The molecule has 2 N–H and O–H groups in total. The lowest BCUT2D eigenvalue weighted by Crippen LogP contribution is -2.18. The van der Waals surface area contributed by atoms with Crippen molar-refractivity contribution in [3.8, 4) is 0 Å². The fourth-order valence-corrected chi connectivity index (χ4v) is 1.18. The first-order chi connectivity index (χ1) is 7.06. The summed E-state index contributed by atoms with van der Waals surface area (Å²) in [7, 11) is 1.21. The van der Waals surface area contributed by atoms with E-state index in [4.69, 9.17) is 5.73 Å². The van der Waals surface area contributed by atoms with Crippen LogP contribution in [0, 0.1) is 11.6 Å². The summed E-state index contributed by atoms with van der Waals surface area (Å²) in [5.74, 6) is -2.56. The van der Waals surface area contributed by atoms with Gasteiger partial charge in [-0.15, -0.1) is 0 Å². The molecule has 0 saturated carbocycles. The molecule has 1 aromatic carbocycles. The Balaban J connectivity index is 2.86. The number of esters is 1. The molecule has 3 nitrogen and oxygen atoms in total. The molecule has 0 fully saturated rings. The summed E-state index contributed by atoms with van der Waals surface area (Å²) >= 11 is 0. The molecule has 0 spiro atoms. The number of rotatable bonds is 3. The highest BCUT2D eigenvalue weighted by molar-refractivity contribution is 5.70. The third kappa shape index (κ3) is 2.73. The molecule has 1 rings (SSSR count). The number of hydrogen-bond acceptors (Lipinski definition) is 3. The molecule has 0 saturated heterocycles. The Morgan fingerprint density at radius 2 is 2.20 bits per heavy atom. The van der Waals surface area contributed by atoms with Gasteiger partial charge in [0.05, 0.1) is 13.5 Å². The largest absolute Gasteiger partial charge is 0.469 e. The van der Waals surface area contributed by atoms with E-state index in [1.807, 2.05) is 0 Å². The zero-order valence-electron chi connectivity index (χ0n) is 8.17. The highest BCUT2D eigenvalue weighted by atomic mass is 19.2. The Hall–Kier alpha value is -1.49. The molecule has 0 aliphatic heterocycles. The van der Waals surface area contributed by atoms with Gasteiger partial charge in [-0.25, -0.2) is 8.78 Å². The Kier molecular flexibility index (Phi) is 3.74. The molecule has 0 amide bonds. The molecule has 0 radical (unpaired) electrons. The number of benzene rings is 1. The van der Waals surface area contributed by atoms with Gasteiger partial charge in [0.1, 0.15) is 0 Å². The minimum absolute atomic E-state index is 0.0274. The van der Waals surface area contributed by atoms with Crippen molar-refractivity contribution in [3.63, 3.8) is 0 Å².